The number of nitrogens with zero attached hydrogens (tertiary/aromatic N) is 2. The second kappa shape index (κ2) is 7.55. The summed E-state index contributed by atoms with van der Waals surface area (Å²) in [5.41, 5.74) is 0.173. The van der Waals surface area contributed by atoms with Crippen molar-refractivity contribution in [3.8, 4) is 11.3 Å². The first kappa shape index (κ1) is 19.1. The fourth-order valence-electron chi connectivity index (χ4n) is 2.54. The minimum Gasteiger partial charge on any atom is -0.323 e. The van der Waals surface area contributed by atoms with Gasteiger partial charge in [0.2, 0.25) is 0 Å². The van der Waals surface area contributed by atoms with Gasteiger partial charge in [0.25, 0.3) is 11.5 Å². The van der Waals surface area contributed by atoms with E-state index < -0.39 is 11.4 Å². The van der Waals surface area contributed by atoms with E-state index in [0.717, 1.165) is 5.56 Å². The highest BCUT2D eigenvalue weighted by atomic mass is 35.5. The van der Waals surface area contributed by atoms with Crippen molar-refractivity contribution < 1.29 is 4.79 Å². The molecule has 0 atom stereocenters. The van der Waals surface area contributed by atoms with Crippen LogP contribution < -0.4 is 10.9 Å². The molecule has 0 unspecified atom stereocenters. The fourth-order valence-corrected chi connectivity index (χ4v) is 2.88. The van der Waals surface area contributed by atoms with Gasteiger partial charge < -0.3 is 5.32 Å². The maximum atomic E-state index is 12.9. The summed E-state index contributed by atoms with van der Waals surface area (Å²) in [4.78, 5) is 25.3. The van der Waals surface area contributed by atoms with E-state index in [1.165, 1.54) is 10.7 Å². The molecule has 3 rings (SSSR count). The van der Waals surface area contributed by atoms with Gasteiger partial charge in [0.1, 0.15) is 5.54 Å². The second-order valence-electron chi connectivity index (χ2n) is 6.47. The predicted octanol–water partition coefficient (Wildman–Crippen LogP) is 4.59. The Bertz CT molecular complexity index is 1050. The third kappa shape index (κ3) is 4.04. The second-order valence-corrected chi connectivity index (χ2v) is 7.32. The summed E-state index contributed by atoms with van der Waals surface area (Å²) in [7, 11) is 0. The molecular formula is C20H17Cl2N3O2. The first-order valence-electron chi connectivity index (χ1n) is 8.22. The molecule has 0 aliphatic heterocycles. The van der Waals surface area contributed by atoms with Gasteiger partial charge in [-0.3, -0.25) is 9.59 Å². The number of benzene rings is 2. The standard InChI is InChI=1S/C20H17Cl2N3O2/c1-20(2,19(27)23-17-12-14(21)8-9-15(17)22)25-18(26)11-10-16(24-25)13-6-4-3-5-7-13/h3-12H,1-2H3,(H,23,27). The van der Waals surface area contributed by atoms with Crippen molar-refractivity contribution in [3.63, 3.8) is 0 Å². The quantitative estimate of drug-likeness (QED) is 0.694. The Balaban J connectivity index is 1.97. The summed E-state index contributed by atoms with van der Waals surface area (Å²) < 4.78 is 1.17. The highest BCUT2D eigenvalue weighted by molar-refractivity contribution is 6.35. The van der Waals surface area contributed by atoms with Crippen molar-refractivity contribution in [1.29, 1.82) is 0 Å². The Labute approximate surface area is 166 Å². The normalized spacial score (nSPS) is 11.3. The Kier molecular flexibility index (Phi) is 5.35. The van der Waals surface area contributed by atoms with Gasteiger partial charge in [0.05, 0.1) is 16.4 Å². The number of hydrogen-bond acceptors (Lipinski definition) is 3. The van der Waals surface area contributed by atoms with E-state index in [-0.39, 0.29) is 5.56 Å². The molecule has 7 heteroatoms. The molecule has 1 amide bonds. The van der Waals surface area contributed by atoms with Crippen LogP contribution in [0.2, 0.25) is 10.0 Å². The van der Waals surface area contributed by atoms with Crippen LogP contribution in [-0.2, 0) is 10.3 Å². The van der Waals surface area contributed by atoms with E-state index in [4.69, 9.17) is 23.2 Å². The Morgan fingerprint density at radius 2 is 1.74 bits per heavy atom. The summed E-state index contributed by atoms with van der Waals surface area (Å²) in [5, 5.41) is 7.91. The Hall–Kier alpha value is -2.63. The lowest BCUT2D eigenvalue weighted by atomic mass is 10.0. The van der Waals surface area contributed by atoms with Crippen molar-refractivity contribution in [2.24, 2.45) is 0 Å². The molecule has 0 aliphatic carbocycles. The highest BCUT2D eigenvalue weighted by Gasteiger charge is 2.32. The lowest BCUT2D eigenvalue weighted by Crippen LogP contribution is -2.47. The van der Waals surface area contributed by atoms with Crippen LogP contribution in [0.25, 0.3) is 11.3 Å². The number of hydrogen-bond donors (Lipinski definition) is 1. The zero-order chi connectivity index (χ0) is 19.6. The van der Waals surface area contributed by atoms with E-state index in [9.17, 15) is 9.59 Å². The van der Waals surface area contributed by atoms with Crippen LogP contribution in [0.1, 0.15) is 13.8 Å². The van der Waals surface area contributed by atoms with E-state index in [1.807, 2.05) is 30.3 Å². The number of carbonyl (C=O) groups excluding carboxylic acids is 1. The molecule has 1 aromatic heterocycles. The minimum absolute atomic E-state index is 0.349. The molecule has 0 saturated heterocycles. The van der Waals surface area contributed by atoms with Crippen LogP contribution >= 0.6 is 23.2 Å². The summed E-state index contributed by atoms with van der Waals surface area (Å²) in [6, 6.07) is 17.2. The molecule has 0 radical (unpaired) electrons. The predicted molar refractivity (Wildman–Crippen MR) is 108 cm³/mol. The molecule has 1 heterocycles. The molecule has 0 fully saturated rings. The molecule has 27 heavy (non-hydrogen) atoms. The lowest BCUT2D eigenvalue weighted by molar-refractivity contribution is -0.123. The van der Waals surface area contributed by atoms with Crippen LogP contribution in [0.4, 0.5) is 5.69 Å². The first-order chi connectivity index (χ1) is 12.8. The van der Waals surface area contributed by atoms with Crippen molar-refractivity contribution in [1.82, 2.24) is 9.78 Å². The maximum Gasteiger partial charge on any atom is 0.267 e. The Morgan fingerprint density at radius 1 is 1.04 bits per heavy atom. The van der Waals surface area contributed by atoms with Gasteiger partial charge in [-0.1, -0.05) is 53.5 Å². The van der Waals surface area contributed by atoms with Crippen molar-refractivity contribution in [2.45, 2.75) is 19.4 Å². The van der Waals surface area contributed by atoms with Crippen molar-refractivity contribution >= 4 is 34.8 Å². The summed E-state index contributed by atoms with van der Waals surface area (Å²) in [6.45, 7) is 3.23. The van der Waals surface area contributed by atoms with Gasteiger partial charge in [0.15, 0.2) is 0 Å². The Morgan fingerprint density at radius 3 is 2.44 bits per heavy atom. The monoisotopic (exact) mass is 401 g/mol. The molecule has 0 saturated carbocycles. The van der Waals surface area contributed by atoms with Crippen molar-refractivity contribution in [3.05, 3.63) is 81.1 Å². The van der Waals surface area contributed by atoms with Crippen LogP contribution in [0, 0.1) is 0 Å². The molecule has 2 aromatic carbocycles. The number of halogens is 2. The molecule has 0 aliphatic rings. The van der Waals surface area contributed by atoms with Crippen LogP contribution in [0.15, 0.2) is 65.5 Å². The first-order valence-corrected chi connectivity index (χ1v) is 8.97. The fraction of sp³-hybridized carbons (Fsp3) is 0.150. The molecule has 0 spiro atoms. The molecular weight excluding hydrogens is 385 g/mol. The molecule has 1 N–H and O–H groups in total. The van der Waals surface area contributed by atoms with Crippen molar-refractivity contribution in [2.75, 3.05) is 5.32 Å². The van der Waals surface area contributed by atoms with E-state index >= 15 is 0 Å². The average molecular weight is 402 g/mol. The average Bonchev–Trinajstić information content (AvgIpc) is 2.65. The van der Waals surface area contributed by atoms with E-state index in [1.54, 1.807) is 38.1 Å². The molecule has 5 nitrogen and oxygen atoms in total. The zero-order valence-corrected chi connectivity index (χ0v) is 16.3. The van der Waals surface area contributed by atoms with Crippen LogP contribution in [0.5, 0.6) is 0 Å². The number of amides is 1. The topological polar surface area (TPSA) is 64.0 Å². The number of nitrogens with one attached hydrogen (secondary N) is 1. The molecule has 0 bridgehead atoms. The third-order valence-electron chi connectivity index (χ3n) is 4.13. The number of aromatic nitrogens is 2. The van der Waals surface area contributed by atoms with Gasteiger partial charge in [-0.25, -0.2) is 4.68 Å². The highest BCUT2D eigenvalue weighted by Crippen LogP contribution is 2.27. The molecule has 138 valence electrons. The van der Waals surface area contributed by atoms with Gasteiger partial charge >= 0.3 is 0 Å². The zero-order valence-electron chi connectivity index (χ0n) is 14.7. The minimum atomic E-state index is -1.26. The van der Waals surface area contributed by atoms with Gasteiger partial charge in [0, 0.05) is 16.7 Å². The van der Waals surface area contributed by atoms with E-state index in [2.05, 4.69) is 10.4 Å². The largest absolute Gasteiger partial charge is 0.323 e. The van der Waals surface area contributed by atoms with Gasteiger partial charge in [-0.15, -0.1) is 0 Å². The SMILES string of the molecule is CC(C)(C(=O)Nc1cc(Cl)ccc1Cl)n1nc(-c2ccccc2)ccc1=O. The van der Waals surface area contributed by atoms with Crippen LogP contribution in [0.3, 0.4) is 0 Å². The maximum absolute atomic E-state index is 12.9. The lowest BCUT2D eigenvalue weighted by Gasteiger charge is -2.25. The number of anilines is 1. The van der Waals surface area contributed by atoms with Gasteiger partial charge in [-0.05, 0) is 38.1 Å². The van der Waals surface area contributed by atoms with Gasteiger partial charge in [-0.2, -0.15) is 5.10 Å². The number of rotatable bonds is 4. The third-order valence-corrected chi connectivity index (χ3v) is 4.70. The van der Waals surface area contributed by atoms with E-state index in [0.29, 0.717) is 21.4 Å². The summed E-state index contributed by atoms with van der Waals surface area (Å²) in [6.07, 6.45) is 0. The van der Waals surface area contributed by atoms with Crippen LogP contribution in [-0.4, -0.2) is 15.7 Å². The number of carbonyl (C=O) groups is 1. The molecule has 3 aromatic rings. The smallest absolute Gasteiger partial charge is 0.267 e. The summed E-state index contributed by atoms with van der Waals surface area (Å²) >= 11 is 12.1. The summed E-state index contributed by atoms with van der Waals surface area (Å²) in [5.74, 6) is -0.438.